The molecular weight excluding hydrogens is 107 g/mol. The molecule has 0 bridgehead atoms. The van der Waals surface area contributed by atoms with Crippen LogP contribution in [0, 0.1) is 0 Å². The van der Waals surface area contributed by atoms with Crippen molar-refractivity contribution in [2.24, 2.45) is 0 Å². The molecule has 0 heterocycles. The van der Waals surface area contributed by atoms with Gasteiger partial charge in [-0.3, -0.25) is 0 Å². The van der Waals surface area contributed by atoms with E-state index in [-0.39, 0.29) is 33.2 Å². The summed E-state index contributed by atoms with van der Waals surface area (Å²) in [5, 5.41) is 0. The molecule has 0 rings (SSSR count). The van der Waals surface area contributed by atoms with Crippen LogP contribution in [0.15, 0.2) is 0 Å². The third-order valence-corrected chi connectivity index (χ3v) is 0. The Morgan fingerprint density at radius 2 is 0.500 bits per heavy atom. The molecule has 0 aromatic heterocycles. The van der Waals surface area contributed by atoms with E-state index in [2.05, 4.69) is 0 Å². The van der Waals surface area contributed by atoms with Crippen molar-refractivity contribution in [1.29, 1.82) is 0 Å². The second-order valence-corrected chi connectivity index (χ2v) is 0. The SMILES string of the molecule is O.O.O.[Co+2]. The maximum absolute atomic E-state index is 0. The van der Waals surface area contributed by atoms with E-state index in [0.717, 1.165) is 0 Å². The van der Waals surface area contributed by atoms with Gasteiger partial charge in [-0.15, -0.1) is 0 Å². The first kappa shape index (κ1) is 337. The quantitative estimate of drug-likeness (QED) is 0.332. The Kier molecular flexibility index (Phi) is 10900. The van der Waals surface area contributed by atoms with Crippen LogP contribution < -0.4 is 0 Å². The van der Waals surface area contributed by atoms with Crippen LogP contribution >= 0.6 is 0 Å². The topological polar surface area (TPSA) is 94.5 Å². The standard InChI is InChI=1S/Co.3H2O/h;3*1H2/q+2;;;. The van der Waals surface area contributed by atoms with Crippen LogP contribution in [0.1, 0.15) is 0 Å². The van der Waals surface area contributed by atoms with Crippen molar-refractivity contribution in [3.8, 4) is 0 Å². The Bertz CT molecular complexity index is 3.25. The number of hydrogen-bond donors (Lipinski definition) is 0. The molecule has 0 unspecified atom stereocenters. The molecule has 0 atom stereocenters. The molecule has 0 aromatic carbocycles. The van der Waals surface area contributed by atoms with Crippen molar-refractivity contribution >= 4 is 0 Å². The van der Waals surface area contributed by atoms with Gasteiger partial charge in [-0.1, -0.05) is 0 Å². The van der Waals surface area contributed by atoms with Crippen molar-refractivity contribution < 1.29 is 33.2 Å². The smallest absolute Gasteiger partial charge is 0.412 e. The first-order valence-electron chi connectivity index (χ1n) is 0. The molecule has 1 radical (unpaired) electrons. The summed E-state index contributed by atoms with van der Waals surface area (Å²) in [6.07, 6.45) is 0. The van der Waals surface area contributed by atoms with Crippen molar-refractivity contribution in [3.63, 3.8) is 0 Å². The molecule has 0 fully saturated rings. The Morgan fingerprint density at radius 3 is 0.500 bits per heavy atom. The van der Waals surface area contributed by atoms with Crippen molar-refractivity contribution in [2.45, 2.75) is 0 Å². The van der Waals surface area contributed by atoms with Gasteiger partial charge in [0.2, 0.25) is 0 Å². The maximum atomic E-state index is 0. The van der Waals surface area contributed by atoms with Gasteiger partial charge in [0.25, 0.3) is 0 Å². The molecule has 0 saturated carbocycles. The Hall–Kier alpha value is 0.386. The average Bonchev–Trinajstić information content (AvgIpc) is 0. The predicted molar refractivity (Wildman–Crippen MR) is 10.8 cm³/mol. The van der Waals surface area contributed by atoms with Crippen LogP contribution in [0.25, 0.3) is 0 Å². The molecule has 4 heavy (non-hydrogen) atoms. The zero-order valence-corrected chi connectivity index (χ0v) is 2.87. The Morgan fingerprint density at radius 1 is 0.500 bits per heavy atom. The van der Waals surface area contributed by atoms with Gasteiger partial charge < -0.3 is 16.4 Å². The van der Waals surface area contributed by atoms with Crippen LogP contribution in [0.2, 0.25) is 0 Å². The van der Waals surface area contributed by atoms with E-state index in [4.69, 9.17) is 0 Å². The van der Waals surface area contributed by atoms with Gasteiger partial charge in [-0.05, 0) is 0 Å². The fourth-order valence-corrected chi connectivity index (χ4v) is 0. The molecule has 31 valence electrons. The molecule has 0 aliphatic heterocycles. The predicted octanol–water partition coefficient (Wildman–Crippen LogP) is -2.48. The van der Waals surface area contributed by atoms with Crippen LogP contribution in [0.3, 0.4) is 0 Å². The van der Waals surface area contributed by atoms with Gasteiger partial charge in [0.1, 0.15) is 0 Å². The summed E-state index contributed by atoms with van der Waals surface area (Å²) in [5.41, 5.74) is 0. The van der Waals surface area contributed by atoms with Crippen molar-refractivity contribution in [2.75, 3.05) is 0 Å². The van der Waals surface area contributed by atoms with E-state index in [1.54, 1.807) is 0 Å². The van der Waals surface area contributed by atoms with Gasteiger partial charge in [0.15, 0.2) is 0 Å². The Labute approximate surface area is 34.1 Å². The normalized spacial score (nSPS) is 0. The minimum atomic E-state index is 0. The number of hydrogen-bond acceptors (Lipinski definition) is 0. The second kappa shape index (κ2) is 129. The van der Waals surface area contributed by atoms with E-state index >= 15 is 0 Å². The van der Waals surface area contributed by atoms with Crippen LogP contribution in [0.5, 0.6) is 0 Å². The first-order chi connectivity index (χ1) is 0. The minimum Gasteiger partial charge on any atom is -0.412 e. The summed E-state index contributed by atoms with van der Waals surface area (Å²) in [7, 11) is 0. The fourth-order valence-electron chi connectivity index (χ4n) is 0. The minimum absolute atomic E-state index is 0. The molecule has 0 spiro atoms. The van der Waals surface area contributed by atoms with Crippen LogP contribution in [-0.2, 0) is 16.8 Å². The van der Waals surface area contributed by atoms with E-state index < -0.39 is 0 Å². The van der Waals surface area contributed by atoms with Crippen LogP contribution in [0.4, 0.5) is 0 Å². The summed E-state index contributed by atoms with van der Waals surface area (Å²) in [4.78, 5) is 0. The van der Waals surface area contributed by atoms with Crippen molar-refractivity contribution in [3.05, 3.63) is 0 Å². The monoisotopic (exact) mass is 113 g/mol. The second-order valence-electron chi connectivity index (χ2n) is 0. The average molecular weight is 113 g/mol. The van der Waals surface area contributed by atoms with Gasteiger partial charge in [-0.25, -0.2) is 0 Å². The third kappa shape index (κ3) is 30.7. The zero-order valence-electron chi connectivity index (χ0n) is 1.83. The van der Waals surface area contributed by atoms with Gasteiger partial charge in [-0.2, -0.15) is 0 Å². The van der Waals surface area contributed by atoms with E-state index in [0.29, 0.717) is 0 Å². The van der Waals surface area contributed by atoms with Gasteiger partial charge in [0, 0.05) is 0 Å². The largest absolute Gasteiger partial charge is 2.00 e. The summed E-state index contributed by atoms with van der Waals surface area (Å²) in [5.74, 6) is 0. The van der Waals surface area contributed by atoms with Gasteiger partial charge >= 0.3 is 16.8 Å². The molecule has 0 amide bonds. The van der Waals surface area contributed by atoms with E-state index in [1.807, 2.05) is 0 Å². The first-order valence-corrected chi connectivity index (χ1v) is 0. The molecule has 0 aromatic rings. The third-order valence-electron chi connectivity index (χ3n) is 0. The molecule has 4 heteroatoms. The van der Waals surface area contributed by atoms with Crippen LogP contribution in [-0.4, -0.2) is 16.4 Å². The summed E-state index contributed by atoms with van der Waals surface area (Å²) in [6, 6.07) is 0. The Balaban J connectivity index is 0. The molecular formula is H6CoO3+2. The molecule has 0 aliphatic rings. The molecule has 0 aliphatic carbocycles. The summed E-state index contributed by atoms with van der Waals surface area (Å²) < 4.78 is 0. The van der Waals surface area contributed by atoms with Crippen molar-refractivity contribution in [1.82, 2.24) is 0 Å². The maximum Gasteiger partial charge on any atom is 2.00 e. The number of rotatable bonds is 0. The van der Waals surface area contributed by atoms with Gasteiger partial charge in [0.05, 0.1) is 0 Å². The van der Waals surface area contributed by atoms with E-state index in [1.165, 1.54) is 0 Å². The zero-order chi connectivity index (χ0) is 0. The fraction of sp³-hybridized carbons (Fsp3) is 0. The van der Waals surface area contributed by atoms with E-state index in [9.17, 15) is 0 Å². The summed E-state index contributed by atoms with van der Waals surface area (Å²) in [6.45, 7) is 0. The molecule has 6 N–H and O–H groups in total. The molecule has 0 saturated heterocycles. The summed E-state index contributed by atoms with van der Waals surface area (Å²) >= 11 is 0. The molecule has 3 nitrogen and oxygen atoms in total.